The molecule has 0 fully saturated rings. The molecule has 0 aliphatic carbocycles. The highest BCUT2D eigenvalue weighted by Crippen LogP contribution is 2.16. The first-order chi connectivity index (χ1) is 8.97. The number of rotatable bonds is 3. The van der Waals surface area contributed by atoms with Crippen molar-refractivity contribution in [3.8, 4) is 5.06 Å². The van der Waals surface area contributed by atoms with E-state index in [2.05, 4.69) is 0 Å². The van der Waals surface area contributed by atoms with Gasteiger partial charge in [-0.25, -0.2) is 0 Å². The standard InChI is InChI=1S/C12H9NO5S/c1-6-2-3-7(18-6)4-5-8(14)9-10(15)13-12(17)19-11(9)16/h2-5,16H,1H3,(H,13,15,17)/b5-4+. The highest BCUT2D eigenvalue weighted by molar-refractivity contribution is 7.11. The van der Waals surface area contributed by atoms with E-state index in [0.717, 1.165) is 6.08 Å². The molecule has 0 spiro atoms. The van der Waals surface area contributed by atoms with E-state index in [1.165, 1.54) is 6.08 Å². The number of aryl methyl sites for hydroxylation is 1. The number of aromatic nitrogens is 1. The maximum Gasteiger partial charge on any atom is 0.310 e. The number of aromatic hydroxyl groups is 1. The van der Waals surface area contributed by atoms with Gasteiger partial charge in [-0.3, -0.25) is 19.4 Å². The maximum atomic E-state index is 11.8. The smallest absolute Gasteiger partial charge is 0.310 e. The number of aromatic amines is 1. The van der Waals surface area contributed by atoms with E-state index in [4.69, 9.17) is 4.42 Å². The van der Waals surface area contributed by atoms with Crippen molar-refractivity contribution in [3.63, 3.8) is 0 Å². The van der Waals surface area contributed by atoms with Crippen molar-refractivity contribution in [3.05, 3.63) is 55.3 Å². The fourth-order valence-corrected chi connectivity index (χ4v) is 2.03. The van der Waals surface area contributed by atoms with Gasteiger partial charge in [0.2, 0.25) is 0 Å². The van der Waals surface area contributed by atoms with Crippen LogP contribution in [-0.2, 0) is 0 Å². The fourth-order valence-electron chi connectivity index (χ4n) is 1.42. The quantitative estimate of drug-likeness (QED) is 0.651. The Morgan fingerprint density at radius 2 is 2.16 bits per heavy atom. The van der Waals surface area contributed by atoms with Gasteiger partial charge in [0.25, 0.3) is 5.56 Å². The van der Waals surface area contributed by atoms with Crippen LogP contribution in [-0.4, -0.2) is 15.9 Å². The van der Waals surface area contributed by atoms with Crippen LogP contribution in [0.2, 0.25) is 0 Å². The Morgan fingerprint density at radius 1 is 1.42 bits per heavy atom. The topological polar surface area (TPSA) is 100 Å². The summed E-state index contributed by atoms with van der Waals surface area (Å²) in [6.07, 6.45) is 2.48. The van der Waals surface area contributed by atoms with Gasteiger partial charge in [0, 0.05) is 0 Å². The SMILES string of the molecule is Cc1ccc(/C=C/C(=O)c2c(O)sc(=O)[nH]c2=O)o1. The molecule has 0 amide bonds. The number of hydrogen-bond acceptors (Lipinski definition) is 6. The summed E-state index contributed by atoms with van der Waals surface area (Å²) in [5.41, 5.74) is -1.37. The summed E-state index contributed by atoms with van der Waals surface area (Å²) in [6.45, 7) is 1.75. The van der Waals surface area contributed by atoms with Gasteiger partial charge >= 0.3 is 4.87 Å². The number of H-pyrrole nitrogens is 1. The molecule has 0 atom stereocenters. The first kappa shape index (κ1) is 13.0. The van der Waals surface area contributed by atoms with Gasteiger partial charge in [0.05, 0.1) is 0 Å². The van der Waals surface area contributed by atoms with Crippen LogP contribution in [0.25, 0.3) is 6.08 Å². The molecule has 0 saturated carbocycles. The minimum atomic E-state index is -0.911. The highest BCUT2D eigenvalue weighted by Gasteiger charge is 2.15. The summed E-state index contributed by atoms with van der Waals surface area (Å²) < 4.78 is 5.21. The maximum absolute atomic E-state index is 11.8. The average Bonchev–Trinajstić information content (AvgIpc) is 2.71. The number of allylic oxidation sites excluding steroid dienone is 1. The van der Waals surface area contributed by atoms with E-state index < -0.39 is 26.8 Å². The summed E-state index contributed by atoms with van der Waals surface area (Å²) >= 11 is 0.393. The van der Waals surface area contributed by atoms with Crippen LogP contribution in [0, 0.1) is 6.92 Å². The first-order valence-corrected chi connectivity index (χ1v) is 6.04. The van der Waals surface area contributed by atoms with Gasteiger partial charge < -0.3 is 9.52 Å². The normalized spacial score (nSPS) is 11.0. The second kappa shape index (κ2) is 5.07. The fraction of sp³-hybridized carbons (Fsp3) is 0.0833. The molecule has 19 heavy (non-hydrogen) atoms. The molecule has 0 saturated heterocycles. The van der Waals surface area contributed by atoms with E-state index in [1.807, 2.05) is 4.98 Å². The number of furan rings is 1. The van der Waals surface area contributed by atoms with E-state index in [9.17, 15) is 19.5 Å². The van der Waals surface area contributed by atoms with Crippen LogP contribution in [0.4, 0.5) is 0 Å². The van der Waals surface area contributed by atoms with Crippen LogP contribution in [0.3, 0.4) is 0 Å². The Morgan fingerprint density at radius 3 is 2.74 bits per heavy atom. The van der Waals surface area contributed by atoms with Crippen molar-refractivity contribution in [2.24, 2.45) is 0 Å². The van der Waals surface area contributed by atoms with Crippen molar-refractivity contribution >= 4 is 23.2 Å². The van der Waals surface area contributed by atoms with E-state index in [1.54, 1.807) is 19.1 Å². The first-order valence-electron chi connectivity index (χ1n) is 5.22. The van der Waals surface area contributed by atoms with Crippen molar-refractivity contribution in [2.45, 2.75) is 6.92 Å². The second-order valence-electron chi connectivity index (χ2n) is 3.67. The number of carbonyl (C=O) groups excluding carboxylic acids is 1. The predicted molar refractivity (Wildman–Crippen MR) is 69.7 cm³/mol. The molecule has 98 valence electrons. The van der Waals surface area contributed by atoms with E-state index in [-0.39, 0.29) is 0 Å². The van der Waals surface area contributed by atoms with Gasteiger partial charge in [-0.15, -0.1) is 0 Å². The third-order valence-electron chi connectivity index (χ3n) is 2.25. The van der Waals surface area contributed by atoms with Gasteiger partial charge in [-0.1, -0.05) is 0 Å². The van der Waals surface area contributed by atoms with Gasteiger partial charge in [0.1, 0.15) is 17.1 Å². The molecule has 0 unspecified atom stereocenters. The van der Waals surface area contributed by atoms with E-state index in [0.29, 0.717) is 22.9 Å². The van der Waals surface area contributed by atoms with Crippen molar-refractivity contribution in [2.75, 3.05) is 0 Å². The summed E-state index contributed by atoms with van der Waals surface area (Å²) in [5, 5.41) is 8.87. The molecule has 0 radical (unpaired) electrons. The Balaban J connectivity index is 2.33. The Kier molecular flexibility index (Phi) is 3.48. The zero-order chi connectivity index (χ0) is 14.0. The molecule has 0 aromatic carbocycles. The van der Waals surface area contributed by atoms with Gasteiger partial charge in [-0.05, 0) is 42.5 Å². The zero-order valence-corrected chi connectivity index (χ0v) is 10.6. The van der Waals surface area contributed by atoms with Crippen LogP contribution < -0.4 is 10.4 Å². The number of hydrogen-bond donors (Lipinski definition) is 2. The molecule has 2 aromatic heterocycles. The minimum absolute atomic E-state index is 0.393. The molecule has 2 heterocycles. The summed E-state index contributed by atoms with van der Waals surface area (Å²) in [5.74, 6) is 0.431. The molecule has 6 nitrogen and oxygen atoms in total. The van der Waals surface area contributed by atoms with Gasteiger partial charge in [-0.2, -0.15) is 0 Å². The molecule has 2 N–H and O–H groups in total. The molecule has 0 aliphatic heterocycles. The molecule has 0 aliphatic rings. The number of nitrogens with one attached hydrogen (secondary N) is 1. The van der Waals surface area contributed by atoms with Gasteiger partial charge in [0.15, 0.2) is 10.8 Å². The number of ketones is 1. The molecule has 0 bridgehead atoms. The van der Waals surface area contributed by atoms with Crippen LogP contribution in [0.5, 0.6) is 5.06 Å². The Bertz CT molecular complexity index is 765. The monoisotopic (exact) mass is 279 g/mol. The van der Waals surface area contributed by atoms with Crippen molar-refractivity contribution in [1.82, 2.24) is 4.98 Å². The second-order valence-corrected chi connectivity index (χ2v) is 4.63. The molecule has 7 heteroatoms. The summed E-state index contributed by atoms with van der Waals surface area (Å²) in [6, 6.07) is 3.38. The van der Waals surface area contributed by atoms with E-state index >= 15 is 0 Å². The van der Waals surface area contributed by atoms with Crippen molar-refractivity contribution in [1.29, 1.82) is 0 Å². The lowest BCUT2D eigenvalue weighted by Crippen LogP contribution is -2.22. The summed E-state index contributed by atoms with van der Waals surface area (Å²) in [7, 11) is 0. The summed E-state index contributed by atoms with van der Waals surface area (Å²) in [4.78, 5) is 35.3. The lowest BCUT2D eigenvalue weighted by Gasteiger charge is -1.96. The van der Waals surface area contributed by atoms with Crippen LogP contribution in [0.15, 0.2) is 32.2 Å². The number of carbonyl (C=O) groups is 1. The Hall–Kier alpha value is -2.41. The Labute approximate surface area is 110 Å². The largest absolute Gasteiger partial charge is 0.499 e. The highest BCUT2D eigenvalue weighted by atomic mass is 32.1. The minimum Gasteiger partial charge on any atom is -0.499 e. The third-order valence-corrected chi connectivity index (χ3v) is 2.94. The average molecular weight is 279 g/mol. The lowest BCUT2D eigenvalue weighted by molar-refractivity contribution is 0.104. The molecule has 2 rings (SSSR count). The molecular formula is C12H9NO5S. The molecule has 2 aromatic rings. The third kappa shape index (κ3) is 2.89. The molecular weight excluding hydrogens is 270 g/mol. The predicted octanol–water partition coefficient (Wildman–Crippen LogP) is 1.30. The van der Waals surface area contributed by atoms with Crippen LogP contribution >= 0.6 is 11.3 Å². The van der Waals surface area contributed by atoms with Crippen LogP contribution in [0.1, 0.15) is 21.9 Å². The lowest BCUT2D eigenvalue weighted by atomic mass is 10.2. The van der Waals surface area contributed by atoms with Crippen molar-refractivity contribution < 1.29 is 14.3 Å². The zero-order valence-electron chi connectivity index (χ0n) is 9.80.